The summed E-state index contributed by atoms with van der Waals surface area (Å²) in [6, 6.07) is 12.4. The van der Waals surface area contributed by atoms with Crippen LogP contribution < -0.4 is 14.9 Å². The van der Waals surface area contributed by atoms with Crippen LogP contribution >= 0.6 is 11.3 Å². The predicted molar refractivity (Wildman–Crippen MR) is 118 cm³/mol. The lowest BCUT2D eigenvalue weighted by molar-refractivity contribution is 0.573. The highest BCUT2D eigenvalue weighted by atomic mass is 32.2. The SMILES string of the molecule is Cc1cc(N2CCCCC2)nc(Nc2ccc(NS(=O)(=O)c3cccs3)cc2)n1. The van der Waals surface area contributed by atoms with Gasteiger partial charge in [0.05, 0.1) is 0 Å². The Morgan fingerprint density at radius 3 is 2.41 bits per heavy atom. The number of nitrogens with one attached hydrogen (secondary N) is 2. The molecule has 1 aliphatic heterocycles. The molecular weight excluding hydrogens is 406 g/mol. The second kappa shape index (κ2) is 8.38. The van der Waals surface area contributed by atoms with E-state index in [0.29, 0.717) is 11.6 Å². The average Bonchev–Trinajstić information content (AvgIpc) is 3.26. The van der Waals surface area contributed by atoms with Gasteiger partial charge in [0.1, 0.15) is 10.0 Å². The van der Waals surface area contributed by atoms with E-state index in [-0.39, 0.29) is 4.21 Å². The summed E-state index contributed by atoms with van der Waals surface area (Å²) in [5.41, 5.74) is 2.20. The molecule has 0 bridgehead atoms. The third kappa shape index (κ3) is 4.86. The molecule has 1 aromatic carbocycles. The van der Waals surface area contributed by atoms with Gasteiger partial charge < -0.3 is 10.2 Å². The first kappa shape index (κ1) is 19.7. The fourth-order valence-electron chi connectivity index (χ4n) is 3.27. The number of piperidine rings is 1. The predicted octanol–water partition coefficient (Wildman–Crippen LogP) is 4.38. The summed E-state index contributed by atoms with van der Waals surface area (Å²) in [7, 11) is -3.55. The van der Waals surface area contributed by atoms with Gasteiger partial charge in [-0.1, -0.05) is 6.07 Å². The van der Waals surface area contributed by atoms with Crippen molar-refractivity contribution in [1.82, 2.24) is 9.97 Å². The number of anilines is 4. The Kier molecular flexibility index (Phi) is 5.68. The van der Waals surface area contributed by atoms with Crippen LogP contribution in [0.15, 0.2) is 52.1 Å². The zero-order chi connectivity index (χ0) is 20.3. The Hall–Kier alpha value is -2.65. The Bertz CT molecular complexity index is 1060. The maximum absolute atomic E-state index is 12.3. The molecule has 29 heavy (non-hydrogen) atoms. The molecule has 9 heteroatoms. The third-order valence-corrected chi connectivity index (χ3v) is 7.45. The zero-order valence-electron chi connectivity index (χ0n) is 16.1. The largest absolute Gasteiger partial charge is 0.356 e. The Morgan fingerprint density at radius 2 is 1.72 bits per heavy atom. The number of thiophene rings is 1. The molecular formula is C20H23N5O2S2. The highest BCUT2D eigenvalue weighted by Gasteiger charge is 2.16. The topological polar surface area (TPSA) is 87.2 Å². The minimum Gasteiger partial charge on any atom is -0.356 e. The first-order valence-corrected chi connectivity index (χ1v) is 11.9. The maximum Gasteiger partial charge on any atom is 0.271 e. The van der Waals surface area contributed by atoms with Crippen molar-refractivity contribution in [2.75, 3.05) is 28.0 Å². The molecule has 1 fully saturated rings. The lowest BCUT2D eigenvalue weighted by Gasteiger charge is -2.28. The van der Waals surface area contributed by atoms with E-state index in [1.807, 2.05) is 13.0 Å². The van der Waals surface area contributed by atoms with Crippen molar-refractivity contribution < 1.29 is 8.42 Å². The molecule has 0 spiro atoms. The normalized spacial score (nSPS) is 14.6. The molecule has 2 N–H and O–H groups in total. The number of aryl methyl sites for hydroxylation is 1. The van der Waals surface area contributed by atoms with E-state index in [0.717, 1.165) is 30.3 Å². The van der Waals surface area contributed by atoms with Gasteiger partial charge in [-0.25, -0.2) is 13.4 Å². The van der Waals surface area contributed by atoms with Crippen molar-refractivity contribution in [2.24, 2.45) is 0 Å². The van der Waals surface area contributed by atoms with Crippen LogP contribution in [0.5, 0.6) is 0 Å². The molecule has 7 nitrogen and oxygen atoms in total. The van der Waals surface area contributed by atoms with Crippen molar-refractivity contribution in [3.63, 3.8) is 0 Å². The van der Waals surface area contributed by atoms with E-state index in [2.05, 4.69) is 24.9 Å². The molecule has 0 amide bonds. The van der Waals surface area contributed by atoms with E-state index in [1.165, 1.54) is 30.6 Å². The van der Waals surface area contributed by atoms with Gasteiger partial charge in [-0.2, -0.15) is 4.98 Å². The Balaban J connectivity index is 1.47. The van der Waals surface area contributed by atoms with Crippen LogP contribution in [0.1, 0.15) is 25.0 Å². The van der Waals surface area contributed by atoms with Gasteiger partial charge in [0, 0.05) is 36.2 Å². The molecule has 0 unspecified atom stereocenters. The molecule has 4 rings (SSSR count). The summed E-state index contributed by atoms with van der Waals surface area (Å²) in [5, 5.41) is 4.96. The first-order valence-electron chi connectivity index (χ1n) is 9.54. The monoisotopic (exact) mass is 429 g/mol. The van der Waals surface area contributed by atoms with Gasteiger partial charge in [0.2, 0.25) is 5.95 Å². The van der Waals surface area contributed by atoms with Crippen LogP contribution in [-0.2, 0) is 10.0 Å². The van der Waals surface area contributed by atoms with Gasteiger partial charge in [0.15, 0.2) is 0 Å². The van der Waals surface area contributed by atoms with E-state index >= 15 is 0 Å². The van der Waals surface area contributed by atoms with Crippen LogP contribution in [0.2, 0.25) is 0 Å². The summed E-state index contributed by atoms with van der Waals surface area (Å²) in [6.07, 6.45) is 3.65. The number of aromatic nitrogens is 2. The summed E-state index contributed by atoms with van der Waals surface area (Å²) in [5.74, 6) is 1.48. The second-order valence-electron chi connectivity index (χ2n) is 6.98. The molecule has 1 aliphatic rings. The molecule has 0 atom stereocenters. The highest BCUT2D eigenvalue weighted by Crippen LogP contribution is 2.24. The van der Waals surface area contributed by atoms with Crippen LogP contribution in [-0.4, -0.2) is 31.5 Å². The van der Waals surface area contributed by atoms with Crippen molar-refractivity contribution in [3.8, 4) is 0 Å². The molecule has 1 saturated heterocycles. The van der Waals surface area contributed by atoms with Crippen molar-refractivity contribution in [1.29, 1.82) is 0 Å². The van der Waals surface area contributed by atoms with Crippen LogP contribution in [0.4, 0.5) is 23.1 Å². The fraction of sp³-hybridized carbons (Fsp3) is 0.300. The highest BCUT2D eigenvalue weighted by molar-refractivity contribution is 7.94. The number of hydrogen-bond donors (Lipinski definition) is 2. The van der Waals surface area contributed by atoms with Gasteiger partial charge in [-0.3, -0.25) is 4.72 Å². The summed E-state index contributed by atoms with van der Waals surface area (Å²) in [4.78, 5) is 11.4. The summed E-state index contributed by atoms with van der Waals surface area (Å²) >= 11 is 1.19. The molecule has 3 aromatic rings. The third-order valence-electron chi connectivity index (χ3n) is 4.67. The van der Waals surface area contributed by atoms with E-state index in [1.54, 1.807) is 41.8 Å². The number of sulfonamides is 1. The molecule has 2 aromatic heterocycles. The lowest BCUT2D eigenvalue weighted by Crippen LogP contribution is -2.30. The van der Waals surface area contributed by atoms with Crippen molar-refractivity contribution in [3.05, 3.63) is 53.5 Å². The van der Waals surface area contributed by atoms with Crippen molar-refractivity contribution in [2.45, 2.75) is 30.4 Å². The number of hydrogen-bond acceptors (Lipinski definition) is 7. The van der Waals surface area contributed by atoms with Gasteiger partial charge in [0.25, 0.3) is 10.0 Å². The molecule has 3 heterocycles. The van der Waals surface area contributed by atoms with Gasteiger partial charge >= 0.3 is 0 Å². The molecule has 152 valence electrons. The van der Waals surface area contributed by atoms with Crippen LogP contribution in [0, 0.1) is 6.92 Å². The number of benzene rings is 1. The van der Waals surface area contributed by atoms with E-state index in [9.17, 15) is 8.42 Å². The number of rotatable bonds is 6. The van der Waals surface area contributed by atoms with Gasteiger partial charge in [-0.05, 0) is 61.9 Å². The standard InChI is InChI=1S/C20H23N5O2S2/c1-15-14-18(25-11-3-2-4-12-25)23-20(21-15)22-16-7-9-17(10-8-16)24-29(26,27)19-6-5-13-28-19/h5-10,13-14,24H,2-4,11-12H2,1H3,(H,21,22,23). The maximum atomic E-state index is 12.3. The second-order valence-corrected chi connectivity index (χ2v) is 9.84. The Morgan fingerprint density at radius 1 is 1.00 bits per heavy atom. The fourth-order valence-corrected chi connectivity index (χ4v) is 5.32. The lowest BCUT2D eigenvalue weighted by atomic mass is 10.1. The average molecular weight is 430 g/mol. The minimum atomic E-state index is -3.55. The van der Waals surface area contributed by atoms with Crippen molar-refractivity contribution >= 4 is 44.5 Å². The smallest absolute Gasteiger partial charge is 0.271 e. The Labute approximate surface area is 174 Å². The number of nitrogens with zero attached hydrogens (tertiary/aromatic N) is 3. The zero-order valence-corrected chi connectivity index (χ0v) is 17.8. The quantitative estimate of drug-likeness (QED) is 0.605. The first-order chi connectivity index (χ1) is 14.0. The van der Waals surface area contributed by atoms with Crippen LogP contribution in [0.3, 0.4) is 0 Å². The molecule has 0 aliphatic carbocycles. The minimum absolute atomic E-state index is 0.290. The van der Waals surface area contributed by atoms with Crippen LogP contribution in [0.25, 0.3) is 0 Å². The van der Waals surface area contributed by atoms with Gasteiger partial charge in [-0.15, -0.1) is 11.3 Å². The molecule has 0 saturated carbocycles. The van der Waals surface area contributed by atoms with E-state index < -0.39 is 10.0 Å². The van der Waals surface area contributed by atoms with E-state index in [4.69, 9.17) is 0 Å². The summed E-state index contributed by atoms with van der Waals surface area (Å²) < 4.78 is 27.5. The molecule has 0 radical (unpaired) electrons. The summed E-state index contributed by atoms with van der Waals surface area (Å²) in [6.45, 7) is 4.01.